The Balaban J connectivity index is 1.42. The fourth-order valence-electron chi connectivity index (χ4n) is 6.69. The number of rotatable bonds is 4. The lowest BCUT2D eigenvalue weighted by Gasteiger charge is -2.56. The number of benzene rings is 1. The maximum Gasteiger partial charge on any atom is 0.254 e. The normalized spacial score (nSPS) is 41.5. The van der Waals surface area contributed by atoms with Gasteiger partial charge < -0.3 is 10.5 Å². The zero-order valence-electron chi connectivity index (χ0n) is 16.2. The van der Waals surface area contributed by atoms with Crippen LogP contribution in [0.25, 0.3) is 0 Å². The topological polar surface area (TPSA) is 55.6 Å². The second kappa shape index (κ2) is 6.23. The van der Waals surface area contributed by atoms with Gasteiger partial charge >= 0.3 is 0 Å². The predicted molar refractivity (Wildman–Crippen MR) is 101 cm³/mol. The first-order chi connectivity index (χ1) is 13.4. The Morgan fingerprint density at radius 3 is 2.39 bits per heavy atom. The number of fused-ring (bicyclic) bond motifs is 3. The van der Waals surface area contributed by atoms with Crippen molar-refractivity contribution < 1.29 is 18.3 Å². The van der Waals surface area contributed by atoms with E-state index in [2.05, 4.69) is 4.90 Å². The van der Waals surface area contributed by atoms with E-state index >= 15 is 0 Å². The van der Waals surface area contributed by atoms with Gasteiger partial charge in [0.2, 0.25) is 5.91 Å². The number of methoxy groups -OCH3 is 1. The minimum absolute atomic E-state index is 0.282. The van der Waals surface area contributed by atoms with Gasteiger partial charge in [-0.2, -0.15) is 0 Å². The Kier molecular flexibility index (Phi) is 4.12. The van der Waals surface area contributed by atoms with Crippen molar-refractivity contribution in [3.05, 3.63) is 35.4 Å². The highest BCUT2D eigenvalue weighted by Crippen LogP contribution is 2.65. The van der Waals surface area contributed by atoms with Crippen molar-refractivity contribution in [3.63, 3.8) is 0 Å². The second-order valence-electron chi connectivity index (χ2n) is 9.23. The number of alkyl halides is 2. The summed E-state index contributed by atoms with van der Waals surface area (Å²) in [7, 11) is 1.77. The van der Waals surface area contributed by atoms with Crippen LogP contribution in [0.1, 0.15) is 48.0 Å². The molecule has 0 spiro atoms. The number of nitrogens with two attached hydrogens (primary N) is 1. The third-order valence-electron chi connectivity index (χ3n) is 8.10. The molecule has 4 nitrogen and oxygen atoms in total. The number of amides is 1. The van der Waals surface area contributed by atoms with E-state index in [1.165, 1.54) is 0 Å². The van der Waals surface area contributed by atoms with Crippen LogP contribution in [0.3, 0.4) is 0 Å². The maximum absolute atomic E-state index is 13.6. The highest BCUT2D eigenvalue weighted by molar-refractivity contribution is 5.92. The molecule has 0 radical (unpaired) electrons. The van der Waals surface area contributed by atoms with Gasteiger partial charge in [-0.3, -0.25) is 9.69 Å². The van der Waals surface area contributed by atoms with Crippen molar-refractivity contribution in [3.8, 4) is 0 Å². The van der Waals surface area contributed by atoms with Crippen molar-refractivity contribution in [1.82, 2.24) is 4.90 Å². The number of hydrogen-bond donors (Lipinski definition) is 1. The van der Waals surface area contributed by atoms with E-state index in [1.54, 1.807) is 13.2 Å². The molecule has 152 valence electrons. The lowest BCUT2D eigenvalue weighted by molar-refractivity contribution is -0.175. The molecular weight excluding hydrogens is 362 g/mol. The van der Waals surface area contributed by atoms with Crippen LogP contribution in [0.4, 0.5) is 8.78 Å². The van der Waals surface area contributed by atoms with Crippen LogP contribution in [-0.2, 0) is 10.3 Å². The first-order valence-electron chi connectivity index (χ1n) is 10.4. The van der Waals surface area contributed by atoms with Gasteiger partial charge in [0, 0.05) is 55.5 Å². The standard InChI is InChI=1S/C22H28F2N2O2/c1-28-21(14-5-2-4-13(8-14)20(25)27)15-6-3-7-16(21)12-26(11-15)17-9-18-19(10-17)22(18,23)24/h2,4-5,8,15-19H,3,6-7,9-12H2,1H3,(H2,25,27)/t15-,16+,17?,18-,19+,21?. The number of ether oxygens (including phenoxy) is 1. The number of halogens is 2. The number of carbonyl (C=O) groups excluding carboxylic acids is 1. The smallest absolute Gasteiger partial charge is 0.254 e. The first kappa shape index (κ1) is 18.5. The van der Waals surface area contributed by atoms with Gasteiger partial charge in [-0.25, -0.2) is 8.78 Å². The molecule has 1 aliphatic heterocycles. The van der Waals surface area contributed by atoms with E-state index in [9.17, 15) is 13.6 Å². The molecule has 5 rings (SSSR count). The zero-order valence-corrected chi connectivity index (χ0v) is 16.2. The molecule has 1 aromatic rings. The highest BCUT2D eigenvalue weighted by Gasteiger charge is 2.72. The third kappa shape index (κ3) is 2.50. The molecular formula is C22H28F2N2O2. The molecule has 0 aromatic heterocycles. The van der Waals surface area contributed by atoms with E-state index in [-0.39, 0.29) is 6.04 Å². The van der Waals surface area contributed by atoms with Gasteiger partial charge in [-0.05, 0) is 43.4 Å². The van der Waals surface area contributed by atoms with Gasteiger partial charge in [0.05, 0.1) is 0 Å². The lowest BCUT2D eigenvalue weighted by Crippen LogP contribution is -2.60. The van der Waals surface area contributed by atoms with E-state index < -0.39 is 29.3 Å². The number of piperidine rings is 1. The maximum atomic E-state index is 13.6. The minimum Gasteiger partial charge on any atom is -0.373 e. The van der Waals surface area contributed by atoms with Crippen LogP contribution in [0.5, 0.6) is 0 Å². The van der Waals surface area contributed by atoms with Gasteiger partial charge in [-0.15, -0.1) is 0 Å². The van der Waals surface area contributed by atoms with E-state index in [4.69, 9.17) is 10.5 Å². The molecule has 6 heteroatoms. The number of likely N-dealkylation sites (tertiary alicyclic amines) is 1. The molecule has 28 heavy (non-hydrogen) atoms. The summed E-state index contributed by atoms with van der Waals surface area (Å²) in [5.41, 5.74) is 6.62. The molecule has 1 heterocycles. The third-order valence-corrected chi connectivity index (χ3v) is 8.10. The summed E-state index contributed by atoms with van der Waals surface area (Å²) >= 11 is 0. The van der Waals surface area contributed by atoms with Crippen molar-refractivity contribution in [2.45, 2.75) is 49.7 Å². The minimum atomic E-state index is -2.41. The Morgan fingerprint density at radius 1 is 1.18 bits per heavy atom. The molecule has 4 fully saturated rings. The Labute approximate surface area is 164 Å². The molecule has 1 amide bonds. The predicted octanol–water partition coefficient (Wildman–Crippen LogP) is 3.40. The number of hydrogen-bond acceptors (Lipinski definition) is 3. The van der Waals surface area contributed by atoms with Crippen molar-refractivity contribution in [1.29, 1.82) is 0 Å². The quantitative estimate of drug-likeness (QED) is 0.857. The molecule has 1 aromatic carbocycles. The zero-order chi connectivity index (χ0) is 19.7. The summed E-state index contributed by atoms with van der Waals surface area (Å²) in [6.07, 6.45) is 4.54. The Bertz CT molecular complexity index is 770. The molecule has 2 bridgehead atoms. The summed E-state index contributed by atoms with van der Waals surface area (Å²) in [5, 5.41) is 0. The Morgan fingerprint density at radius 2 is 1.82 bits per heavy atom. The van der Waals surface area contributed by atoms with Gasteiger partial charge in [0.15, 0.2) is 0 Å². The van der Waals surface area contributed by atoms with Crippen LogP contribution >= 0.6 is 0 Å². The molecule has 3 aliphatic carbocycles. The Hall–Kier alpha value is -1.53. The largest absolute Gasteiger partial charge is 0.373 e. The van der Waals surface area contributed by atoms with E-state index in [0.29, 0.717) is 30.2 Å². The van der Waals surface area contributed by atoms with Crippen molar-refractivity contribution in [2.75, 3.05) is 20.2 Å². The summed E-state index contributed by atoms with van der Waals surface area (Å²) in [5.74, 6) is -3.02. The number of primary amides is 1. The summed E-state index contributed by atoms with van der Waals surface area (Å²) in [6, 6.07) is 7.83. The van der Waals surface area contributed by atoms with Gasteiger partial charge in [0.25, 0.3) is 5.92 Å². The lowest BCUT2D eigenvalue weighted by atomic mass is 9.62. The molecule has 1 saturated heterocycles. The second-order valence-corrected chi connectivity index (χ2v) is 9.23. The van der Waals surface area contributed by atoms with Crippen LogP contribution in [0.2, 0.25) is 0 Å². The summed E-state index contributed by atoms with van der Waals surface area (Å²) in [6.45, 7) is 1.75. The van der Waals surface area contributed by atoms with E-state index in [0.717, 1.165) is 37.9 Å². The molecule has 3 saturated carbocycles. The summed E-state index contributed by atoms with van der Waals surface area (Å²) in [4.78, 5) is 14.2. The fourth-order valence-corrected chi connectivity index (χ4v) is 6.69. The monoisotopic (exact) mass is 390 g/mol. The van der Waals surface area contributed by atoms with Crippen LogP contribution in [0, 0.1) is 23.7 Å². The molecule has 2 N–H and O–H groups in total. The van der Waals surface area contributed by atoms with Crippen molar-refractivity contribution in [2.24, 2.45) is 29.4 Å². The van der Waals surface area contributed by atoms with Crippen LogP contribution < -0.4 is 5.73 Å². The molecule has 2 unspecified atom stereocenters. The van der Waals surface area contributed by atoms with Crippen molar-refractivity contribution >= 4 is 5.91 Å². The average Bonchev–Trinajstić information content (AvgIpc) is 3.01. The van der Waals surface area contributed by atoms with Crippen LogP contribution in [-0.4, -0.2) is 43.0 Å². The highest BCUT2D eigenvalue weighted by atomic mass is 19.3. The molecule has 4 aliphatic rings. The van der Waals surface area contributed by atoms with E-state index in [1.807, 2.05) is 18.2 Å². The first-order valence-corrected chi connectivity index (χ1v) is 10.4. The SMILES string of the molecule is COC1(c2cccc(C(N)=O)c2)[C@@H]2CCC[C@H]1CN(C1C[C@@H]3[C@H](C1)C3(F)F)C2. The van der Waals surface area contributed by atoms with Gasteiger partial charge in [0.1, 0.15) is 5.60 Å². The number of nitrogens with zero attached hydrogens (tertiary/aromatic N) is 1. The molecule has 6 atom stereocenters. The fraction of sp³-hybridized carbons (Fsp3) is 0.682. The summed E-state index contributed by atoms with van der Waals surface area (Å²) < 4.78 is 33.5. The number of carbonyl (C=O) groups is 1. The average molecular weight is 390 g/mol. The van der Waals surface area contributed by atoms with Gasteiger partial charge in [-0.1, -0.05) is 18.6 Å². The van der Waals surface area contributed by atoms with Crippen LogP contribution in [0.15, 0.2) is 24.3 Å².